The molecule has 0 heterocycles. The predicted molar refractivity (Wildman–Crippen MR) is 73.3 cm³/mol. The lowest BCUT2D eigenvalue weighted by molar-refractivity contribution is -0.140. The fourth-order valence-corrected chi connectivity index (χ4v) is 2.01. The summed E-state index contributed by atoms with van der Waals surface area (Å²) in [5, 5.41) is 10.9. The first kappa shape index (κ1) is 15.2. The molecule has 0 radical (unpaired) electrons. The Morgan fingerprint density at radius 2 is 1.84 bits per heavy atom. The van der Waals surface area contributed by atoms with Gasteiger partial charge in [-0.2, -0.15) is 0 Å². The average molecular weight is 281 g/mol. The van der Waals surface area contributed by atoms with Gasteiger partial charge in [-0.3, -0.25) is 14.4 Å². The van der Waals surface area contributed by atoms with Crippen molar-refractivity contribution in [3.05, 3.63) is 35.9 Å². The van der Waals surface area contributed by atoms with Crippen molar-refractivity contribution < 1.29 is 19.5 Å². The molecule has 102 valence electrons. The maximum atomic E-state index is 11.7. The number of Topliss-reactive ketones (excluding diaryl/α,β-unsaturated/α-hetero) is 1. The molecule has 0 aliphatic heterocycles. The number of carbonyl (C=O) groups excluding carboxylic acids is 2. The quantitative estimate of drug-likeness (QED) is 0.734. The molecule has 1 aromatic rings. The molecule has 0 aromatic heterocycles. The summed E-state index contributed by atoms with van der Waals surface area (Å²) in [6.07, 6.45) is 0. The van der Waals surface area contributed by atoms with Crippen LogP contribution in [0, 0.1) is 0 Å². The van der Waals surface area contributed by atoms with E-state index in [9.17, 15) is 14.4 Å². The van der Waals surface area contributed by atoms with Crippen molar-refractivity contribution in [2.24, 2.45) is 0 Å². The molecule has 19 heavy (non-hydrogen) atoms. The largest absolute Gasteiger partial charge is 0.480 e. The molecule has 0 aliphatic carbocycles. The smallest absolute Gasteiger partial charge is 0.325 e. The second-order valence-corrected chi connectivity index (χ2v) is 4.90. The van der Waals surface area contributed by atoms with Crippen molar-refractivity contribution in [3.8, 4) is 0 Å². The van der Waals surface area contributed by atoms with Gasteiger partial charge < -0.3 is 10.4 Å². The van der Waals surface area contributed by atoms with E-state index >= 15 is 0 Å². The van der Waals surface area contributed by atoms with E-state index in [4.69, 9.17) is 5.11 Å². The number of rotatable bonds is 7. The molecular formula is C13H15NO4S. The monoisotopic (exact) mass is 281 g/mol. The number of nitrogens with one attached hydrogen (secondary N) is 1. The van der Waals surface area contributed by atoms with Crippen LogP contribution in [0.4, 0.5) is 0 Å². The summed E-state index contributed by atoms with van der Waals surface area (Å²) in [7, 11) is 0. The van der Waals surface area contributed by atoms with Crippen molar-refractivity contribution in [1.29, 1.82) is 0 Å². The second-order valence-electron chi connectivity index (χ2n) is 3.91. The van der Waals surface area contributed by atoms with Crippen LogP contribution in [-0.2, 0) is 9.59 Å². The van der Waals surface area contributed by atoms with Crippen molar-refractivity contribution in [3.63, 3.8) is 0 Å². The molecule has 0 bridgehead atoms. The molecule has 1 unspecified atom stereocenters. The van der Waals surface area contributed by atoms with Gasteiger partial charge in [0.15, 0.2) is 5.78 Å². The van der Waals surface area contributed by atoms with E-state index in [0.717, 1.165) is 11.8 Å². The van der Waals surface area contributed by atoms with Gasteiger partial charge >= 0.3 is 5.97 Å². The van der Waals surface area contributed by atoms with Crippen LogP contribution in [0.1, 0.15) is 17.3 Å². The molecule has 1 atom stereocenters. The SMILES string of the molecule is CC(NC(=O)CSCC(=O)c1ccccc1)C(=O)O. The maximum Gasteiger partial charge on any atom is 0.325 e. The molecule has 0 saturated heterocycles. The fourth-order valence-electron chi connectivity index (χ4n) is 1.29. The van der Waals surface area contributed by atoms with Crippen LogP contribution in [0.3, 0.4) is 0 Å². The fraction of sp³-hybridized carbons (Fsp3) is 0.308. The Labute approximate surface area is 115 Å². The van der Waals surface area contributed by atoms with Crippen molar-refractivity contribution in [1.82, 2.24) is 5.32 Å². The maximum absolute atomic E-state index is 11.7. The lowest BCUT2D eigenvalue weighted by atomic mass is 10.2. The van der Waals surface area contributed by atoms with E-state index in [-0.39, 0.29) is 23.2 Å². The molecule has 5 nitrogen and oxygen atoms in total. The van der Waals surface area contributed by atoms with Crippen LogP contribution in [0.5, 0.6) is 0 Å². The number of hydrogen-bond donors (Lipinski definition) is 2. The van der Waals surface area contributed by atoms with Crippen LogP contribution in [0.2, 0.25) is 0 Å². The Hall–Kier alpha value is -1.82. The topological polar surface area (TPSA) is 83.5 Å². The highest BCUT2D eigenvalue weighted by atomic mass is 32.2. The molecule has 1 rings (SSSR count). The highest BCUT2D eigenvalue weighted by Crippen LogP contribution is 2.07. The third-order valence-electron chi connectivity index (χ3n) is 2.31. The first-order valence-electron chi connectivity index (χ1n) is 5.69. The number of carboxylic acid groups (broad SMARTS) is 1. The van der Waals surface area contributed by atoms with Crippen molar-refractivity contribution in [2.45, 2.75) is 13.0 Å². The molecule has 6 heteroatoms. The van der Waals surface area contributed by atoms with Crippen LogP contribution >= 0.6 is 11.8 Å². The van der Waals surface area contributed by atoms with Gasteiger partial charge in [-0.15, -0.1) is 11.8 Å². The molecule has 0 spiro atoms. The first-order valence-corrected chi connectivity index (χ1v) is 6.84. The minimum Gasteiger partial charge on any atom is -0.480 e. The van der Waals surface area contributed by atoms with Gasteiger partial charge in [0.25, 0.3) is 0 Å². The standard InChI is InChI=1S/C13H15NO4S/c1-9(13(17)18)14-12(16)8-19-7-11(15)10-5-3-2-4-6-10/h2-6,9H,7-8H2,1H3,(H,14,16)(H,17,18). The molecule has 0 aliphatic rings. The van der Waals surface area contributed by atoms with Gasteiger partial charge in [0.05, 0.1) is 11.5 Å². The molecule has 1 amide bonds. The van der Waals surface area contributed by atoms with Gasteiger partial charge in [-0.1, -0.05) is 30.3 Å². The molecular weight excluding hydrogens is 266 g/mol. The molecule has 1 aromatic carbocycles. The lowest BCUT2D eigenvalue weighted by Gasteiger charge is -2.08. The zero-order valence-corrected chi connectivity index (χ0v) is 11.3. The predicted octanol–water partition coefficient (Wildman–Crippen LogP) is 1.19. The molecule has 0 fully saturated rings. The summed E-state index contributed by atoms with van der Waals surface area (Å²) in [6, 6.07) is 7.89. The van der Waals surface area contributed by atoms with E-state index in [2.05, 4.69) is 5.32 Å². The van der Waals surface area contributed by atoms with Gasteiger partial charge in [-0.25, -0.2) is 0 Å². The van der Waals surface area contributed by atoms with E-state index in [1.54, 1.807) is 24.3 Å². The number of carboxylic acids is 1. The van der Waals surface area contributed by atoms with E-state index < -0.39 is 12.0 Å². The number of ketones is 1. The number of benzene rings is 1. The number of hydrogen-bond acceptors (Lipinski definition) is 4. The Balaban J connectivity index is 2.29. The number of carbonyl (C=O) groups is 3. The highest BCUT2D eigenvalue weighted by molar-refractivity contribution is 8.00. The number of amides is 1. The zero-order chi connectivity index (χ0) is 14.3. The summed E-state index contributed by atoms with van der Waals surface area (Å²) < 4.78 is 0. The minimum atomic E-state index is -1.08. The normalized spacial score (nSPS) is 11.6. The Morgan fingerprint density at radius 1 is 1.21 bits per heavy atom. The third kappa shape index (κ3) is 5.56. The van der Waals surface area contributed by atoms with Gasteiger partial charge in [0.1, 0.15) is 6.04 Å². The zero-order valence-electron chi connectivity index (χ0n) is 10.5. The summed E-state index contributed by atoms with van der Waals surface area (Å²) in [4.78, 5) is 33.6. The van der Waals surface area contributed by atoms with Crippen molar-refractivity contribution >= 4 is 29.4 Å². The first-order chi connectivity index (χ1) is 9.00. The van der Waals surface area contributed by atoms with Crippen molar-refractivity contribution in [2.75, 3.05) is 11.5 Å². The van der Waals surface area contributed by atoms with Crippen LogP contribution in [0.15, 0.2) is 30.3 Å². The highest BCUT2D eigenvalue weighted by Gasteiger charge is 2.14. The number of thioether (sulfide) groups is 1. The van der Waals surface area contributed by atoms with E-state index in [1.165, 1.54) is 6.92 Å². The Kier molecular flexibility index (Phi) is 6.08. The Morgan fingerprint density at radius 3 is 2.42 bits per heavy atom. The summed E-state index contributed by atoms with van der Waals surface area (Å²) in [5.74, 6) is -1.26. The molecule has 2 N–H and O–H groups in total. The summed E-state index contributed by atoms with van der Waals surface area (Å²) in [5.41, 5.74) is 0.606. The Bertz CT molecular complexity index is 461. The average Bonchev–Trinajstić information content (AvgIpc) is 2.39. The van der Waals surface area contributed by atoms with Crippen LogP contribution < -0.4 is 5.32 Å². The van der Waals surface area contributed by atoms with Crippen LogP contribution in [0.25, 0.3) is 0 Å². The van der Waals surface area contributed by atoms with Gasteiger partial charge in [0.2, 0.25) is 5.91 Å². The van der Waals surface area contributed by atoms with Crippen LogP contribution in [-0.4, -0.2) is 40.3 Å². The third-order valence-corrected chi connectivity index (χ3v) is 3.24. The number of aliphatic carboxylic acids is 1. The summed E-state index contributed by atoms with van der Waals surface area (Å²) in [6.45, 7) is 1.39. The van der Waals surface area contributed by atoms with E-state index in [0.29, 0.717) is 5.56 Å². The second kappa shape index (κ2) is 7.58. The summed E-state index contributed by atoms with van der Waals surface area (Å²) >= 11 is 1.16. The van der Waals surface area contributed by atoms with E-state index in [1.807, 2.05) is 6.07 Å². The lowest BCUT2D eigenvalue weighted by Crippen LogP contribution is -2.39. The van der Waals surface area contributed by atoms with Gasteiger partial charge in [-0.05, 0) is 6.92 Å². The van der Waals surface area contributed by atoms with Gasteiger partial charge in [0, 0.05) is 5.56 Å². The molecule has 0 saturated carbocycles. The minimum absolute atomic E-state index is 0.0512.